The lowest BCUT2D eigenvalue weighted by atomic mass is 9.85. The van der Waals surface area contributed by atoms with Gasteiger partial charge in [-0.1, -0.05) is 127 Å². The van der Waals surface area contributed by atoms with E-state index in [1.807, 2.05) is 12.1 Å². The Morgan fingerprint density at radius 2 is 1.29 bits per heavy atom. The maximum Gasteiger partial charge on any atom is 0.303 e. The van der Waals surface area contributed by atoms with Crippen LogP contribution in [0.25, 0.3) is 0 Å². The number of piperidine rings is 1. The van der Waals surface area contributed by atoms with E-state index in [2.05, 4.69) is 42.2 Å². The lowest BCUT2D eigenvalue weighted by Gasteiger charge is -2.32. The van der Waals surface area contributed by atoms with Gasteiger partial charge < -0.3 is 14.6 Å². The monoisotopic (exact) mass is 663 g/mol. The molecule has 268 valence electrons. The summed E-state index contributed by atoms with van der Waals surface area (Å²) in [5, 5.41) is 8.52. The molecule has 1 heterocycles. The van der Waals surface area contributed by atoms with E-state index in [0.29, 0.717) is 23.8 Å². The van der Waals surface area contributed by atoms with Crippen molar-refractivity contribution in [2.75, 3.05) is 27.3 Å². The largest absolute Gasteiger partial charge is 0.493 e. The number of hydrogen-bond acceptors (Lipinski definition) is 5. The number of aliphatic carboxylic acids is 1. The quantitative estimate of drug-likeness (QED) is 0.126. The number of Topliss-reactive ketones (excluding diaryl/α,β-unsaturated/α-hetero) is 1. The number of methoxy groups -OCH3 is 2. The first-order valence-corrected chi connectivity index (χ1v) is 19.2. The summed E-state index contributed by atoms with van der Waals surface area (Å²) in [4.78, 5) is 25.8. The van der Waals surface area contributed by atoms with Gasteiger partial charge in [0.25, 0.3) is 0 Å². The molecule has 2 aliphatic rings. The Balaban J connectivity index is 0.000000279. The lowest BCUT2D eigenvalue weighted by molar-refractivity contribution is -0.137. The molecule has 1 fully saturated rings. The number of fused-ring (bicyclic) bond motifs is 1. The van der Waals surface area contributed by atoms with Gasteiger partial charge in [0.15, 0.2) is 17.3 Å². The number of ketones is 1. The first-order valence-electron chi connectivity index (χ1n) is 19.2. The summed E-state index contributed by atoms with van der Waals surface area (Å²) in [7, 11) is 3.26. The second-order valence-electron chi connectivity index (χ2n) is 14.2. The zero-order chi connectivity index (χ0) is 34.4. The van der Waals surface area contributed by atoms with E-state index in [4.69, 9.17) is 14.6 Å². The first kappa shape index (κ1) is 39.6. The van der Waals surface area contributed by atoms with Crippen molar-refractivity contribution in [2.24, 2.45) is 11.8 Å². The molecule has 0 aromatic heterocycles. The number of hydrogen-bond donors (Lipinski definition) is 1. The summed E-state index contributed by atoms with van der Waals surface area (Å²) in [5.74, 6) is 1.73. The van der Waals surface area contributed by atoms with Crippen LogP contribution >= 0.6 is 0 Å². The average molecular weight is 664 g/mol. The molecule has 0 saturated carbocycles. The van der Waals surface area contributed by atoms with E-state index in [1.165, 1.54) is 102 Å². The smallest absolute Gasteiger partial charge is 0.303 e. The van der Waals surface area contributed by atoms with Crippen LogP contribution in [0.2, 0.25) is 0 Å². The minimum absolute atomic E-state index is 0.109. The Hall–Kier alpha value is -2.86. The van der Waals surface area contributed by atoms with E-state index in [0.717, 1.165) is 56.4 Å². The van der Waals surface area contributed by atoms with Crippen LogP contribution in [0.5, 0.6) is 11.5 Å². The van der Waals surface area contributed by atoms with Crippen LogP contribution in [-0.2, 0) is 17.8 Å². The minimum atomic E-state index is -0.653. The highest BCUT2D eigenvalue weighted by atomic mass is 16.5. The van der Waals surface area contributed by atoms with Crippen LogP contribution in [0.1, 0.15) is 150 Å². The normalized spacial score (nSPS) is 16.3. The predicted molar refractivity (Wildman–Crippen MR) is 197 cm³/mol. The number of carbonyl (C=O) groups excluding carboxylic acids is 1. The molecule has 6 heteroatoms. The van der Waals surface area contributed by atoms with Gasteiger partial charge in [-0.05, 0) is 74.4 Å². The van der Waals surface area contributed by atoms with E-state index in [-0.39, 0.29) is 11.7 Å². The summed E-state index contributed by atoms with van der Waals surface area (Å²) in [6, 6.07) is 14.5. The molecule has 0 amide bonds. The minimum Gasteiger partial charge on any atom is -0.493 e. The Kier molecular flexibility index (Phi) is 19.4. The Bertz CT molecular complexity index is 1170. The molecular formula is C42H65NO5. The summed E-state index contributed by atoms with van der Waals surface area (Å²) in [5.41, 5.74) is 3.31. The highest BCUT2D eigenvalue weighted by Crippen LogP contribution is 2.39. The van der Waals surface area contributed by atoms with E-state index < -0.39 is 5.97 Å². The van der Waals surface area contributed by atoms with Gasteiger partial charge in [0.2, 0.25) is 0 Å². The van der Waals surface area contributed by atoms with Crippen molar-refractivity contribution < 1.29 is 24.2 Å². The zero-order valence-corrected chi connectivity index (χ0v) is 30.5. The van der Waals surface area contributed by atoms with E-state index in [9.17, 15) is 9.59 Å². The fourth-order valence-electron chi connectivity index (χ4n) is 7.36. The lowest BCUT2D eigenvalue weighted by Crippen LogP contribution is -2.34. The zero-order valence-electron chi connectivity index (χ0n) is 30.5. The van der Waals surface area contributed by atoms with Crippen molar-refractivity contribution in [3.63, 3.8) is 0 Å². The molecule has 1 unspecified atom stereocenters. The molecule has 1 saturated heterocycles. The third kappa shape index (κ3) is 14.7. The number of likely N-dealkylation sites (tertiary alicyclic amines) is 1. The summed E-state index contributed by atoms with van der Waals surface area (Å²) in [6.07, 6.45) is 24.4. The number of unbranched alkanes of at least 4 members (excludes halogenated alkanes) is 14. The molecule has 4 rings (SSSR count). The molecule has 2 aromatic carbocycles. The van der Waals surface area contributed by atoms with Crippen LogP contribution in [-0.4, -0.2) is 49.1 Å². The van der Waals surface area contributed by atoms with E-state index >= 15 is 0 Å². The fourth-order valence-corrected chi connectivity index (χ4v) is 7.36. The molecule has 0 radical (unpaired) electrons. The molecule has 0 bridgehead atoms. The van der Waals surface area contributed by atoms with Gasteiger partial charge in [-0.3, -0.25) is 14.5 Å². The number of ether oxygens (including phenoxy) is 2. The third-order valence-electron chi connectivity index (χ3n) is 10.3. The van der Waals surface area contributed by atoms with Crippen LogP contribution in [0.4, 0.5) is 0 Å². The number of rotatable bonds is 22. The van der Waals surface area contributed by atoms with Gasteiger partial charge in [0.05, 0.1) is 14.2 Å². The van der Waals surface area contributed by atoms with Gasteiger partial charge in [-0.15, -0.1) is 0 Å². The Morgan fingerprint density at radius 1 is 0.771 bits per heavy atom. The molecule has 6 nitrogen and oxygen atoms in total. The highest BCUT2D eigenvalue weighted by Gasteiger charge is 2.34. The van der Waals surface area contributed by atoms with Crippen LogP contribution < -0.4 is 9.47 Å². The first-order chi connectivity index (χ1) is 23.4. The highest BCUT2D eigenvalue weighted by molar-refractivity contribution is 6.02. The van der Waals surface area contributed by atoms with Crippen molar-refractivity contribution in [3.8, 4) is 11.5 Å². The van der Waals surface area contributed by atoms with Gasteiger partial charge in [0, 0.05) is 24.4 Å². The third-order valence-corrected chi connectivity index (χ3v) is 10.3. The van der Waals surface area contributed by atoms with E-state index in [1.54, 1.807) is 14.2 Å². The van der Waals surface area contributed by atoms with Gasteiger partial charge in [-0.2, -0.15) is 0 Å². The molecule has 0 spiro atoms. The van der Waals surface area contributed by atoms with Crippen LogP contribution in [0.15, 0.2) is 42.5 Å². The molecular weight excluding hydrogens is 598 g/mol. The van der Waals surface area contributed by atoms with Crippen molar-refractivity contribution in [1.82, 2.24) is 4.90 Å². The van der Waals surface area contributed by atoms with Crippen molar-refractivity contribution in [1.29, 1.82) is 0 Å². The number of nitrogens with zero attached hydrogens (tertiary/aromatic N) is 1. The number of benzene rings is 2. The van der Waals surface area contributed by atoms with Crippen molar-refractivity contribution in [2.45, 2.75) is 142 Å². The Labute approximate surface area is 292 Å². The van der Waals surface area contributed by atoms with Gasteiger partial charge >= 0.3 is 5.97 Å². The topological polar surface area (TPSA) is 76.1 Å². The predicted octanol–water partition coefficient (Wildman–Crippen LogP) is 10.7. The standard InChI is InChI=1S/C24H29NO3.C18H36O2/c1-27-22-14-19-13-20(24(26)21(19)15-23(22)28-2)12-17-8-10-25(11-9-17)16-18-6-4-3-5-7-18;1-2-3-4-5-6-7-8-9-10-11-12-13-14-15-16-17-18(19)20/h3-7,14-15,17,20H,8-13,16H2,1-2H3;2-17H2,1H3,(H,19,20). The van der Waals surface area contributed by atoms with Gasteiger partial charge in [0.1, 0.15) is 0 Å². The molecule has 1 atom stereocenters. The second-order valence-corrected chi connectivity index (χ2v) is 14.2. The van der Waals surface area contributed by atoms with Crippen molar-refractivity contribution >= 4 is 11.8 Å². The number of carboxylic acid groups (broad SMARTS) is 1. The summed E-state index contributed by atoms with van der Waals surface area (Å²) in [6.45, 7) is 5.54. The van der Waals surface area contributed by atoms with Crippen molar-refractivity contribution in [3.05, 3.63) is 59.2 Å². The number of carbonyl (C=O) groups is 2. The molecule has 1 aliphatic heterocycles. The molecule has 1 aliphatic carbocycles. The van der Waals surface area contributed by atoms with Gasteiger partial charge in [-0.25, -0.2) is 0 Å². The van der Waals surface area contributed by atoms with Crippen LogP contribution in [0, 0.1) is 11.8 Å². The second kappa shape index (κ2) is 23.5. The summed E-state index contributed by atoms with van der Waals surface area (Å²) >= 11 is 0. The number of carboxylic acids is 1. The average Bonchev–Trinajstić information content (AvgIpc) is 3.40. The molecule has 1 N–H and O–H groups in total. The summed E-state index contributed by atoms with van der Waals surface area (Å²) < 4.78 is 10.8. The molecule has 48 heavy (non-hydrogen) atoms. The fraction of sp³-hybridized carbons (Fsp3) is 0.667. The maximum atomic E-state index is 12.9. The Morgan fingerprint density at radius 3 is 1.81 bits per heavy atom. The SMILES string of the molecule is CCCCCCCCCCCCCCCCCC(=O)O.COc1cc2c(cc1OC)C(=O)C(CC1CCN(Cc3ccccc3)CC1)C2. The maximum absolute atomic E-state index is 12.9. The van der Waals surface area contributed by atoms with Crippen LogP contribution in [0.3, 0.4) is 0 Å². The molecule has 2 aromatic rings.